The number of non-ortho nitro benzene ring substituents is 1. The summed E-state index contributed by atoms with van der Waals surface area (Å²) < 4.78 is 44.2. The number of halogens is 3. The number of likely N-dealkylation sites (tertiary alicyclic amines) is 1. The molecule has 6 nitrogen and oxygen atoms in total. The van der Waals surface area contributed by atoms with Crippen LogP contribution in [-0.4, -0.2) is 34.9 Å². The second-order valence-electron chi connectivity index (χ2n) is 6.83. The molecular formula is C20H19F3N2O4. The number of rotatable bonds is 5. The van der Waals surface area contributed by atoms with Crippen LogP contribution in [0.15, 0.2) is 48.5 Å². The number of nitrogens with zero attached hydrogens (tertiary/aromatic N) is 2. The summed E-state index contributed by atoms with van der Waals surface area (Å²) in [4.78, 5) is 24.4. The van der Waals surface area contributed by atoms with Crippen molar-refractivity contribution in [2.75, 3.05) is 13.1 Å². The van der Waals surface area contributed by atoms with E-state index in [2.05, 4.69) is 0 Å². The van der Waals surface area contributed by atoms with Gasteiger partial charge >= 0.3 is 6.18 Å². The molecule has 0 unspecified atom stereocenters. The predicted octanol–water partition coefficient (Wildman–Crippen LogP) is 4.44. The molecule has 1 atom stereocenters. The first-order valence-electron chi connectivity index (χ1n) is 9.05. The summed E-state index contributed by atoms with van der Waals surface area (Å²) in [5.41, 5.74) is -0.0625. The molecule has 0 N–H and O–H groups in total. The molecule has 1 aliphatic rings. The van der Waals surface area contributed by atoms with Gasteiger partial charge in [0.15, 0.2) is 0 Å². The highest BCUT2D eigenvalue weighted by atomic mass is 19.4. The number of carbonyl (C=O) groups excluding carboxylic acids is 1. The average Bonchev–Trinajstić information content (AvgIpc) is 2.71. The zero-order chi connectivity index (χ0) is 21.0. The standard InChI is InChI=1S/C20H19F3N2O4/c21-20(22,23)16-4-1-3-14(11-16)13-29-18-5-2-10-24(12-18)19(26)15-6-8-17(9-7-15)25(27)28/h1,3-4,6-9,11,18H,2,5,10,12-13H2/t18-/m0/s1. The van der Waals surface area contributed by atoms with Crippen LogP contribution in [0.5, 0.6) is 0 Å². The van der Waals surface area contributed by atoms with Crippen molar-refractivity contribution in [2.24, 2.45) is 0 Å². The Morgan fingerprint density at radius 3 is 2.59 bits per heavy atom. The van der Waals surface area contributed by atoms with Crippen LogP contribution in [0.25, 0.3) is 0 Å². The van der Waals surface area contributed by atoms with Gasteiger partial charge in [-0.2, -0.15) is 13.2 Å². The van der Waals surface area contributed by atoms with E-state index in [0.29, 0.717) is 37.1 Å². The summed E-state index contributed by atoms with van der Waals surface area (Å²) in [6, 6.07) is 10.3. The third kappa shape index (κ3) is 5.32. The lowest BCUT2D eigenvalue weighted by atomic mass is 10.1. The Morgan fingerprint density at radius 2 is 1.93 bits per heavy atom. The van der Waals surface area contributed by atoms with E-state index in [0.717, 1.165) is 12.1 Å². The number of ether oxygens (including phenoxy) is 1. The SMILES string of the molecule is O=C(c1ccc([N+](=O)[O-])cc1)N1CCC[C@H](OCc2cccc(C(F)(F)F)c2)C1. The molecule has 0 aliphatic carbocycles. The van der Waals surface area contributed by atoms with Gasteiger partial charge in [0.2, 0.25) is 0 Å². The van der Waals surface area contributed by atoms with Crippen molar-refractivity contribution in [3.63, 3.8) is 0 Å². The van der Waals surface area contributed by atoms with Gasteiger partial charge in [-0.05, 0) is 42.7 Å². The summed E-state index contributed by atoms with van der Waals surface area (Å²) in [6.45, 7) is 0.863. The second kappa shape index (κ2) is 8.60. The van der Waals surface area contributed by atoms with E-state index in [-0.39, 0.29) is 24.3 Å². The van der Waals surface area contributed by atoms with Gasteiger partial charge in [-0.25, -0.2) is 0 Å². The maximum absolute atomic E-state index is 12.8. The summed E-state index contributed by atoms with van der Waals surface area (Å²) in [6.07, 6.45) is -3.30. The minimum Gasteiger partial charge on any atom is -0.372 e. The fourth-order valence-corrected chi connectivity index (χ4v) is 3.22. The van der Waals surface area contributed by atoms with E-state index in [1.165, 1.54) is 30.3 Å². The molecule has 0 radical (unpaired) electrons. The Balaban J connectivity index is 1.59. The number of piperidine rings is 1. The molecule has 1 amide bonds. The molecule has 3 rings (SSSR count). The van der Waals surface area contributed by atoms with E-state index < -0.39 is 16.7 Å². The van der Waals surface area contributed by atoms with E-state index in [4.69, 9.17) is 4.74 Å². The molecule has 1 fully saturated rings. The summed E-state index contributed by atoms with van der Waals surface area (Å²) in [7, 11) is 0. The molecular weight excluding hydrogens is 389 g/mol. The monoisotopic (exact) mass is 408 g/mol. The average molecular weight is 408 g/mol. The van der Waals surface area contributed by atoms with E-state index >= 15 is 0 Å². The number of hydrogen-bond donors (Lipinski definition) is 0. The van der Waals surface area contributed by atoms with Crippen molar-refractivity contribution in [2.45, 2.75) is 31.7 Å². The normalized spacial score (nSPS) is 17.2. The van der Waals surface area contributed by atoms with Crippen molar-refractivity contribution in [3.8, 4) is 0 Å². The zero-order valence-electron chi connectivity index (χ0n) is 15.4. The highest BCUT2D eigenvalue weighted by Crippen LogP contribution is 2.30. The Bertz CT molecular complexity index is 884. The lowest BCUT2D eigenvalue weighted by Gasteiger charge is -2.32. The van der Waals surface area contributed by atoms with Crippen LogP contribution >= 0.6 is 0 Å². The van der Waals surface area contributed by atoms with Crippen LogP contribution in [0.2, 0.25) is 0 Å². The quantitative estimate of drug-likeness (QED) is 0.542. The van der Waals surface area contributed by atoms with Gasteiger partial charge in [0.05, 0.1) is 23.2 Å². The highest BCUT2D eigenvalue weighted by Gasteiger charge is 2.30. The minimum absolute atomic E-state index is 0.0220. The van der Waals surface area contributed by atoms with Crippen molar-refractivity contribution < 1.29 is 27.6 Å². The van der Waals surface area contributed by atoms with Gasteiger partial charge in [0, 0.05) is 30.8 Å². The van der Waals surface area contributed by atoms with Crippen molar-refractivity contribution in [3.05, 3.63) is 75.3 Å². The van der Waals surface area contributed by atoms with Crippen LogP contribution in [0.3, 0.4) is 0 Å². The van der Waals surface area contributed by atoms with Gasteiger partial charge in [-0.15, -0.1) is 0 Å². The van der Waals surface area contributed by atoms with Crippen LogP contribution in [-0.2, 0) is 17.5 Å². The molecule has 1 saturated heterocycles. The number of nitro benzene ring substituents is 1. The Labute approximate surface area is 165 Å². The van der Waals surface area contributed by atoms with Crippen molar-refractivity contribution in [1.29, 1.82) is 0 Å². The van der Waals surface area contributed by atoms with Gasteiger partial charge in [-0.1, -0.05) is 12.1 Å². The third-order valence-electron chi connectivity index (χ3n) is 4.73. The molecule has 0 aromatic heterocycles. The molecule has 0 spiro atoms. The smallest absolute Gasteiger partial charge is 0.372 e. The van der Waals surface area contributed by atoms with Gasteiger partial charge < -0.3 is 9.64 Å². The van der Waals surface area contributed by atoms with Crippen LogP contribution in [0.4, 0.5) is 18.9 Å². The molecule has 154 valence electrons. The fraction of sp³-hybridized carbons (Fsp3) is 0.350. The zero-order valence-corrected chi connectivity index (χ0v) is 15.4. The summed E-state index contributed by atoms with van der Waals surface area (Å²) in [5, 5.41) is 10.7. The second-order valence-corrected chi connectivity index (χ2v) is 6.83. The number of nitro groups is 1. The molecule has 2 aromatic rings. The summed E-state index contributed by atoms with van der Waals surface area (Å²) >= 11 is 0. The van der Waals surface area contributed by atoms with E-state index in [1.807, 2.05) is 0 Å². The van der Waals surface area contributed by atoms with Crippen molar-refractivity contribution >= 4 is 11.6 Å². The lowest BCUT2D eigenvalue weighted by Crippen LogP contribution is -2.43. The van der Waals surface area contributed by atoms with E-state index in [1.54, 1.807) is 11.0 Å². The van der Waals surface area contributed by atoms with Crippen LogP contribution in [0.1, 0.15) is 34.3 Å². The number of hydrogen-bond acceptors (Lipinski definition) is 4. The molecule has 1 heterocycles. The lowest BCUT2D eigenvalue weighted by molar-refractivity contribution is -0.384. The Morgan fingerprint density at radius 1 is 1.21 bits per heavy atom. The van der Waals surface area contributed by atoms with Crippen LogP contribution < -0.4 is 0 Å². The topological polar surface area (TPSA) is 72.7 Å². The number of benzene rings is 2. The molecule has 1 aliphatic heterocycles. The first-order chi connectivity index (χ1) is 13.7. The predicted molar refractivity (Wildman–Crippen MR) is 98.3 cm³/mol. The minimum atomic E-state index is -4.41. The maximum Gasteiger partial charge on any atom is 0.416 e. The van der Waals surface area contributed by atoms with E-state index in [9.17, 15) is 28.1 Å². The number of amides is 1. The third-order valence-corrected chi connectivity index (χ3v) is 4.73. The maximum atomic E-state index is 12.8. The summed E-state index contributed by atoms with van der Waals surface area (Å²) in [5.74, 6) is -0.257. The highest BCUT2D eigenvalue weighted by molar-refractivity contribution is 5.94. The molecule has 29 heavy (non-hydrogen) atoms. The molecule has 9 heteroatoms. The van der Waals surface area contributed by atoms with Crippen molar-refractivity contribution in [1.82, 2.24) is 4.90 Å². The molecule has 2 aromatic carbocycles. The van der Waals surface area contributed by atoms with Gasteiger partial charge in [0.1, 0.15) is 0 Å². The van der Waals surface area contributed by atoms with Gasteiger partial charge in [0.25, 0.3) is 11.6 Å². The Kier molecular flexibility index (Phi) is 6.17. The Hall–Kier alpha value is -2.94. The fourth-order valence-electron chi connectivity index (χ4n) is 3.22. The largest absolute Gasteiger partial charge is 0.416 e. The number of alkyl halides is 3. The first kappa shape index (κ1) is 20.8. The first-order valence-corrected chi connectivity index (χ1v) is 9.05. The van der Waals surface area contributed by atoms with Crippen LogP contribution in [0, 0.1) is 10.1 Å². The van der Waals surface area contributed by atoms with Gasteiger partial charge in [-0.3, -0.25) is 14.9 Å². The number of carbonyl (C=O) groups is 1. The molecule has 0 saturated carbocycles. The molecule has 0 bridgehead atoms.